The molecule has 6 heteroatoms. The van der Waals surface area contributed by atoms with Gasteiger partial charge in [-0.15, -0.1) is 6.42 Å². The second-order valence-electron chi connectivity index (χ2n) is 6.32. The number of hydrogen-bond acceptors (Lipinski definition) is 1. The van der Waals surface area contributed by atoms with E-state index in [4.69, 9.17) is 6.42 Å². The molecule has 0 aromatic heterocycles. The van der Waals surface area contributed by atoms with Crippen LogP contribution < -0.4 is 0 Å². The van der Waals surface area contributed by atoms with Crippen LogP contribution in [0.1, 0.15) is 23.6 Å². The van der Waals surface area contributed by atoms with E-state index in [1.807, 2.05) is 0 Å². The molecule has 2 rings (SSSR count). The fourth-order valence-electron chi connectivity index (χ4n) is 2.71. The Morgan fingerprint density at radius 3 is 2.15 bits per heavy atom. The summed E-state index contributed by atoms with van der Waals surface area (Å²) in [5, 5.41) is 0. The number of amides is 1. The Hall–Kier alpha value is -2.81. The van der Waals surface area contributed by atoms with Crippen LogP contribution in [0.3, 0.4) is 0 Å². The largest absolute Gasteiger partial charge is 0.416 e. The first kappa shape index (κ1) is 20.5. The van der Waals surface area contributed by atoms with Gasteiger partial charge in [0.2, 0.25) is 5.91 Å². The first-order valence-electron chi connectivity index (χ1n) is 8.33. The van der Waals surface area contributed by atoms with E-state index >= 15 is 0 Å². The van der Waals surface area contributed by atoms with Crippen molar-refractivity contribution in [1.29, 1.82) is 0 Å². The number of benzene rings is 2. The van der Waals surface area contributed by atoms with Crippen molar-refractivity contribution in [3.8, 4) is 12.3 Å². The van der Waals surface area contributed by atoms with Crippen molar-refractivity contribution >= 4 is 5.91 Å². The fraction of sp³-hybridized carbons (Fsp3) is 0.286. The third-order valence-electron chi connectivity index (χ3n) is 4.13. The third-order valence-corrected chi connectivity index (χ3v) is 4.13. The minimum atomic E-state index is -4.39. The Morgan fingerprint density at radius 1 is 1.07 bits per heavy atom. The lowest BCUT2D eigenvalue weighted by Crippen LogP contribution is -2.35. The third kappa shape index (κ3) is 5.85. The quantitative estimate of drug-likeness (QED) is 0.529. The second-order valence-corrected chi connectivity index (χ2v) is 6.32. The van der Waals surface area contributed by atoms with Crippen molar-refractivity contribution in [3.63, 3.8) is 0 Å². The van der Waals surface area contributed by atoms with Gasteiger partial charge in [-0.2, -0.15) is 13.2 Å². The molecule has 2 aromatic carbocycles. The van der Waals surface area contributed by atoms with E-state index in [0.717, 1.165) is 17.7 Å². The normalized spacial score (nSPS) is 12.3. The van der Waals surface area contributed by atoms with Gasteiger partial charge in [-0.05, 0) is 41.8 Å². The summed E-state index contributed by atoms with van der Waals surface area (Å²) in [7, 11) is 0. The van der Waals surface area contributed by atoms with Gasteiger partial charge in [-0.1, -0.05) is 37.1 Å². The average Bonchev–Trinajstić information content (AvgIpc) is 2.62. The van der Waals surface area contributed by atoms with E-state index in [1.54, 1.807) is 19.1 Å². The maximum absolute atomic E-state index is 13.0. The zero-order chi connectivity index (χ0) is 20.0. The SMILES string of the molecule is C#CCN(Cc1ccc(F)cc1)C(=O)C(C)Cc1ccc(C(F)(F)F)cc1. The van der Waals surface area contributed by atoms with Gasteiger partial charge in [0.15, 0.2) is 0 Å². The predicted octanol–water partition coefficient (Wildman–Crippen LogP) is 4.69. The molecule has 0 aliphatic rings. The molecular weight excluding hydrogens is 358 g/mol. The van der Waals surface area contributed by atoms with Crippen molar-refractivity contribution in [1.82, 2.24) is 4.90 Å². The van der Waals surface area contributed by atoms with Crippen LogP contribution in [0.5, 0.6) is 0 Å². The van der Waals surface area contributed by atoms with Crippen LogP contribution in [-0.4, -0.2) is 17.4 Å². The van der Waals surface area contributed by atoms with Crippen LogP contribution in [0.4, 0.5) is 17.6 Å². The van der Waals surface area contributed by atoms with Gasteiger partial charge in [0.25, 0.3) is 0 Å². The summed E-state index contributed by atoms with van der Waals surface area (Å²) in [6.07, 6.45) is 1.25. The zero-order valence-electron chi connectivity index (χ0n) is 14.8. The van der Waals surface area contributed by atoms with Gasteiger partial charge in [0.05, 0.1) is 12.1 Å². The molecule has 2 nitrogen and oxygen atoms in total. The van der Waals surface area contributed by atoms with Gasteiger partial charge in [0.1, 0.15) is 5.82 Å². The molecule has 2 aromatic rings. The Morgan fingerprint density at radius 2 is 1.63 bits per heavy atom. The van der Waals surface area contributed by atoms with Crippen LogP contribution >= 0.6 is 0 Å². The zero-order valence-corrected chi connectivity index (χ0v) is 14.8. The minimum absolute atomic E-state index is 0.0908. The molecule has 27 heavy (non-hydrogen) atoms. The van der Waals surface area contributed by atoms with Crippen LogP contribution in [0.2, 0.25) is 0 Å². The molecule has 0 aliphatic carbocycles. The number of carbonyl (C=O) groups is 1. The number of halogens is 4. The van der Waals surface area contributed by atoms with Crippen molar-refractivity contribution in [2.24, 2.45) is 5.92 Å². The number of nitrogens with zero attached hydrogens (tertiary/aromatic N) is 1. The molecule has 142 valence electrons. The lowest BCUT2D eigenvalue weighted by Gasteiger charge is -2.24. The van der Waals surface area contributed by atoms with Crippen LogP contribution in [0, 0.1) is 24.1 Å². The van der Waals surface area contributed by atoms with Gasteiger partial charge in [-0.3, -0.25) is 4.79 Å². The van der Waals surface area contributed by atoms with Crippen molar-refractivity contribution in [2.75, 3.05) is 6.54 Å². The molecule has 0 fully saturated rings. The number of alkyl halides is 3. The molecule has 0 saturated heterocycles. The summed E-state index contributed by atoms with van der Waals surface area (Å²) in [4.78, 5) is 14.2. The highest BCUT2D eigenvalue weighted by molar-refractivity contribution is 5.79. The lowest BCUT2D eigenvalue weighted by atomic mass is 9.98. The van der Waals surface area contributed by atoms with Crippen LogP contribution in [0.15, 0.2) is 48.5 Å². The summed E-state index contributed by atoms with van der Waals surface area (Å²) >= 11 is 0. The van der Waals surface area contributed by atoms with Gasteiger partial charge >= 0.3 is 6.18 Å². The van der Waals surface area contributed by atoms with Gasteiger partial charge in [-0.25, -0.2) is 4.39 Å². The summed E-state index contributed by atoms with van der Waals surface area (Å²) in [5.74, 6) is 1.38. The summed E-state index contributed by atoms with van der Waals surface area (Å²) in [5.41, 5.74) is 0.642. The van der Waals surface area contributed by atoms with Crippen molar-refractivity contribution in [3.05, 3.63) is 71.0 Å². The molecule has 1 atom stereocenters. The van der Waals surface area contributed by atoms with Gasteiger partial charge < -0.3 is 4.90 Å². The number of terminal acetylenes is 1. The Kier molecular flexibility index (Phi) is 6.62. The summed E-state index contributed by atoms with van der Waals surface area (Å²) in [6.45, 7) is 2.03. The average molecular weight is 377 g/mol. The molecule has 0 heterocycles. The highest BCUT2D eigenvalue weighted by atomic mass is 19.4. The number of carbonyl (C=O) groups excluding carboxylic acids is 1. The van der Waals surface area contributed by atoms with Crippen LogP contribution in [-0.2, 0) is 23.9 Å². The number of hydrogen-bond donors (Lipinski definition) is 0. The van der Waals surface area contributed by atoms with E-state index in [1.165, 1.54) is 29.2 Å². The fourth-order valence-corrected chi connectivity index (χ4v) is 2.71. The standard InChI is InChI=1S/C21H19F4NO/c1-3-12-26(14-17-6-10-19(22)11-7-17)20(27)15(2)13-16-4-8-18(9-5-16)21(23,24)25/h1,4-11,15H,12-14H2,2H3. The topological polar surface area (TPSA) is 20.3 Å². The van der Waals surface area contributed by atoms with Crippen LogP contribution in [0.25, 0.3) is 0 Å². The van der Waals surface area contributed by atoms with E-state index in [9.17, 15) is 22.4 Å². The maximum Gasteiger partial charge on any atom is 0.416 e. The summed E-state index contributed by atoms with van der Waals surface area (Å²) in [6, 6.07) is 10.5. The molecule has 0 radical (unpaired) electrons. The van der Waals surface area contributed by atoms with E-state index in [0.29, 0.717) is 12.0 Å². The number of rotatable bonds is 6. The predicted molar refractivity (Wildman–Crippen MR) is 95.0 cm³/mol. The Labute approximate surface area is 155 Å². The summed E-state index contributed by atoms with van der Waals surface area (Å²) < 4.78 is 50.9. The molecule has 0 N–H and O–H groups in total. The molecule has 1 unspecified atom stereocenters. The maximum atomic E-state index is 13.0. The molecule has 0 spiro atoms. The van der Waals surface area contributed by atoms with E-state index < -0.39 is 17.7 Å². The van der Waals surface area contributed by atoms with Crippen molar-refractivity contribution in [2.45, 2.75) is 26.1 Å². The highest BCUT2D eigenvalue weighted by Crippen LogP contribution is 2.29. The monoisotopic (exact) mass is 377 g/mol. The minimum Gasteiger partial charge on any atom is -0.327 e. The van der Waals surface area contributed by atoms with Crippen molar-refractivity contribution < 1.29 is 22.4 Å². The first-order chi connectivity index (χ1) is 12.7. The highest BCUT2D eigenvalue weighted by Gasteiger charge is 2.30. The lowest BCUT2D eigenvalue weighted by molar-refractivity contribution is -0.137. The Bertz CT molecular complexity index is 804. The van der Waals surface area contributed by atoms with E-state index in [-0.39, 0.29) is 24.8 Å². The van der Waals surface area contributed by atoms with Gasteiger partial charge in [0, 0.05) is 12.5 Å². The molecule has 1 amide bonds. The smallest absolute Gasteiger partial charge is 0.327 e. The molecule has 0 saturated carbocycles. The molecule has 0 bridgehead atoms. The van der Waals surface area contributed by atoms with E-state index in [2.05, 4.69) is 5.92 Å². The second kappa shape index (κ2) is 8.72. The molecule has 0 aliphatic heterocycles. The molecular formula is C21H19F4NO. The first-order valence-corrected chi connectivity index (χ1v) is 8.33. The Balaban J connectivity index is 2.06.